The molecule has 0 aliphatic carbocycles. The first-order valence-electron chi connectivity index (χ1n) is 5.50. The second-order valence-corrected chi connectivity index (χ2v) is 3.81. The zero-order chi connectivity index (χ0) is 13.8. The van der Waals surface area contributed by atoms with E-state index in [2.05, 4.69) is 25.6 Å². The van der Waals surface area contributed by atoms with E-state index in [1.807, 2.05) is 0 Å². The normalized spacial score (nSPS) is 10.4. The van der Waals surface area contributed by atoms with Crippen molar-refractivity contribution in [2.45, 2.75) is 13.5 Å². The second kappa shape index (κ2) is 5.29. The standard InChI is InChI=1S/C10H12N6O3/c1-6-12-8(4-9(17)13-6)11-2-3-16-5-7(10(18)19)14-15-16/h4-5H,2-3H2,1H3,(H,18,19)(H2,11,12,13,17). The molecule has 0 radical (unpaired) electrons. The number of aromatic amines is 1. The van der Waals surface area contributed by atoms with E-state index >= 15 is 0 Å². The highest BCUT2D eigenvalue weighted by atomic mass is 16.4. The van der Waals surface area contributed by atoms with Crippen LogP contribution in [-0.2, 0) is 6.54 Å². The summed E-state index contributed by atoms with van der Waals surface area (Å²) in [5.74, 6) is -0.144. The van der Waals surface area contributed by atoms with E-state index in [9.17, 15) is 9.59 Å². The largest absolute Gasteiger partial charge is 0.476 e. The highest BCUT2D eigenvalue weighted by molar-refractivity contribution is 5.84. The van der Waals surface area contributed by atoms with Crippen molar-refractivity contribution in [2.24, 2.45) is 0 Å². The van der Waals surface area contributed by atoms with Gasteiger partial charge >= 0.3 is 5.97 Å². The molecule has 3 N–H and O–H groups in total. The Kier molecular flexibility index (Phi) is 3.55. The lowest BCUT2D eigenvalue weighted by atomic mass is 10.5. The molecule has 2 aromatic rings. The average Bonchev–Trinajstić information content (AvgIpc) is 2.76. The lowest BCUT2D eigenvalue weighted by Crippen LogP contribution is -2.15. The van der Waals surface area contributed by atoms with E-state index in [-0.39, 0.29) is 11.3 Å². The second-order valence-electron chi connectivity index (χ2n) is 3.81. The molecule has 9 nitrogen and oxygen atoms in total. The molecule has 100 valence electrons. The van der Waals surface area contributed by atoms with E-state index in [0.717, 1.165) is 0 Å². The fourth-order valence-corrected chi connectivity index (χ4v) is 1.47. The molecular weight excluding hydrogens is 252 g/mol. The third-order valence-electron chi connectivity index (χ3n) is 2.26. The van der Waals surface area contributed by atoms with E-state index in [4.69, 9.17) is 5.11 Å². The van der Waals surface area contributed by atoms with Gasteiger partial charge in [-0.2, -0.15) is 0 Å². The summed E-state index contributed by atoms with van der Waals surface area (Å²) < 4.78 is 1.40. The molecule has 2 heterocycles. The molecule has 0 aliphatic rings. The third kappa shape index (κ3) is 3.37. The van der Waals surface area contributed by atoms with Crippen LogP contribution in [0, 0.1) is 6.92 Å². The number of aromatic carboxylic acids is 1. The van der Waals surface area contributed by atoms with Crippen LogP contribution < -0.4 is 10.9 Å². The number of carbonyl (C=O) groups is 1. The van der Waals surface area contributed by atoms with Crippen molar-refractivity contribution < 1.29 is 9.90 Å². The number of hydrogen-bond acceptors (Lipinski definition) is 6. The monoisotopic (exact) mass is 264 g/mol. The fraction of sp³-hybridized carbons (Fsp3) is 0.300. The predicted molar refractivity (Wildman–Crippen MR) is 65.1 cm³/mol. The van der Waals surface area contributed by atoms with Crippen molar-refractivity contribution in [3.63, 3.8) is 0 Å². The molecule has 0 saturated carbocycles. The topological polar surface area (TPSA) is 126 Å². The zero-order valence-electron chi connectivity index (χ0n) is 10.1. The van der Waals surface area contributed by atoms with Crippen LogP contribution in [0.15, 0.2) is 17.1 Å². The highest BCUT2D eigenvalue weighted by Crippen LogP contribution is 1.98. The number of anilines is 1. The first-order chi connectivity index (χ1) is 9.04. The first kappa shape index (κ1) is 12.7. The number of nitrogens with one attached hydrogen (secondary N) is 2. The van der Waals surface area contributed by atoms with Crippen molar-refractivity contribution in [2.75, 3.05) is 11.9 Å². The maximum atomic E-state index is 11.2. The van der Waals surface area contributed by atoms with Crippen LogP contribution in [0.2, 0.25) is 0 Å². The van der Waals surface area contributed by atoms with E-state index in [1.165, 1.54) is 16.9 Å². The Morgan fingerprint density at radius 2 is 2.37 bits per heavy atom. The minimum Gasteiger partial charge on any atom is -0.476 e. The van der Waals surface area contributed by atoms with Crippen LogP contribution in [0.1, 0.15) is 16.3 Å². The molecule has 0 unspecified atom stereocenters. The summed E-state index contributed by atoms with van der Waals surface area (Å²) in [6.45, 7) is 2.54. The van der Waals surface area contributed by atoms with E-state index in [1.54, 1.807) is 6.92 Å². The SMILES string of the molecule is Cc1nc(NCCn2cc(C(=O)O)nn2)cc(=O)[nH]1. The Morgan fingerprint density at radius 3 is 3.00 bits per heavy atom. The van der Waals surface area contributed by atoms with Crippen LogP contribution >= 0.6 is 0 Å². The van der Waals surface area contributed by atoms with Crippen LogP contribution in [0.4, 0.5) is 5.82 Å². The summed E-state index contributed by atoms with van der Waals surface area (Å²) in [7, 11) is 0. The summed E-state index contributed by atoms with van der Waals surface area (Å²) in [6, 6.07) is 1.34. The Balaban J connectivity index is 1.92. The van der Waals surface area contributed by atoms with Gasteiger partial charge in [-0.3, -0.25) is 4.79 Å². The zero-order valence-corrected chi connectivity index (χ0v) is 10.1. The Labute approximate surface area is 107 Å². The van der Waals surface area contributed by atoms with Gasteiger partial charge in [0.1, 0.15) is 11.6 Å². The third-order valence-corrected chi connectivity index (χ3v) is 2.26. The highest BCUT2D eigenvalue weighted by Gasteiger charge is 2.07. The van der Waals surface area contributed by atoms with Gasteiger partial charge < -0.3 is 15.4 Å². The van der Waals surface area contributed by atoms with Gasteiger partial charge in [-0.25, -0.2) is 14.5 Å². The maximum Gasteiger partial charge on any atom is 0.358 e. The number of rotatable bonds is 5. The van der Waals surface area contributed by atoms with Gasteiger partial charge in [0.2, 0.25) is 0 Å². The number of aryl methyl sites for hydroxylation is 1. The lowest BCUT2D eigenvalue weighted by molar-refractivity contribution is 0.0690. The number of nitrogens with zero attached hydrogens (tertiary/aromatic N) is 4. The summed E-state index contributed by atoms with van der Waals surface area (Å²) in [6.07, 6.45) is 1.33. The summed E-state index contributed by atoms with van der Waals surface area (Å²) >= 11 is 0. The number of aromatic nitrogens is 5. The van der Waals surface area contributed by atoms with Crippen LogP contribution in [0.3, 0.4) is 0 Å². The van der Waals surface area contributed by atoms with Crippen molar-refractivity contribution in [1.29, 1.82) is 0 Å². The van der Waals surface area contributed by atoms with E-state index < -0.39 is 5.97 Å². The average molecular weight is 264 g/mol. The molecule has 0 aliphatic heterocycles. The van der Waals surface area contributed by atoms with Gasteiger partial charge in [-0.15, -0.1) is 5.10 Å². The molecule has 2 aromatic heterocycles. The number of carboxylic acid groups (broad SMARTS) is 1. The summed E-state index contributed by atoms with van der Waals surface area (Å²) in [4.78, 5) is 28.4. The Hall–Kier alpha value is -2.71. The quantitative estimate of drug-likeness (QED) is 0.663. The molecule has 0 aromatic carbocycles. The van der Waals surface area contributed by atoms with Crippen molar-refractivity contribution in [3.05, 3.63) is 34.1 Å². The van der Waals surface area contributed by atoms with Crippen molar-refractivity contribution >= 4 is 11.8 Å². The van der Waals surface area contributed by atoms with Crippen molar-refractivity contribution in [1.82, 2.24) is 25.0 Å². The van der Waals surface area contributed by atoms with Gasteiger partial charge in [0.05, 0.1) is 12.7 Å². The molecule has 0 spiro atoms. The van der Waals surface area contributed by atoms with Crippen LogP contribution in [0.25, 0.3) is 0 Å². The smallest absolute Gasteiger partial charge is 0.358 e. The minimum atomic E-state index is -1.12. The van der Waals surface area contributed by atoms with Gasteiger partial charge in [-0.1, -0.05) is 5.21 Å². The van der Waals surface area contributed by atoms with Gasteiger partial charge in [-0.05, 0) is 6.92 Å². The Morgan fingerprint density at radius 1 is 1.58 bits per heavy atom. The van der Waals surface area contributed by atoms with Crippen LogP contribution in [-0.4, -0.2) is 42.6 Å². The molecule has 2 rings (SSSR count). The summed E-state index contributed by atoms with van der Waals surface area (Å²) in [5, 5.41) is 18.8. The summed E-state index contributed by atoms with van der Waals surface area (Å²) in [5.41, 5.74) is -0.339. The molecule has 9 heteroatoms. The van der Waals surface area contributed by atoms with Gasteiger partial charge in [0.25, 0.3) is 5.56 Å². The maximum absolute atomic E-state index is 11.2. The molecule has 0 atom stereocenters. The van der Waals surface area contributed by atoms with Crippen molar-refractivity contribution in [3.8, 4) is 0 Å². The predicted octanol–water partition coefficient (Wildman–Crippen LogP) is -0.520. The van der Waals surface area contributed by atoms with Crippen LogP contribution in [0.5, 0.6) is 0 Å². The first-order valence-corrected chi connectivity index (χ1v) is 5.50. The molecule has 19 heavy (non-hydrogen) atoms. The van der Waals surface area contributed by atoms with E-state index in [0.29, 0.717) is 24.7 Å². The van der Waals surface area contributed by atoms with Gasteiger partial charge in [0.15, 0.2) is 5.69 Å². The number of carboxylic acids is 1. The van der Waals surface area contributed by atoms with Gasteiger partial charge in [0, 0.05) is 12.6 Å². The molecule has 0 bridgehead atoms. The number of H-pyrrole nitrogens is 1. The minimum absolute atomic E-state index is 0.106. The molecule has 0 amide bonds. The molecular formula is C10H12N6O3. The fourth-order valence-electron chi connectivity index (χ4n) is 1.47. The number of hydrogen-bond donors (Lipinski definition) is 3. The lowest BCUT2D eigenvalue weighted by Gasteiger charge is -2.05. The molecule has 0 saturated heterocycles. The molecule has 0 fully saturated rings. The Bertz CT molecular complexity index is 647.